The largest absolute Gasteiger partial charge is 0.573 e. The highest BCUT2D eigenvalue weighted by Gasteiger charge is 2.33. The number of nitrogens with one attached hydrogen (secondary N) is 2. The first kappa shape index (κ1) is 22.7. The van der Waals surface area contributed by atoms with E-state index >= 15 is 0 Å². The number of aliphatic imine (C=N–C) groups is 1. The number of alkyl halides is 3. The maximum atomic E-state index is 12.8. The number of amides is 1. The second-order valence-electron chi connectivity index (χ2n) is 7.93. The maximum Gasteiger partial charge on any atom is 0.573 e. The van der Waals surface area contributed by atoms with Crippen molar-refractivity contribution in [2.24, 2.45) is 10.1 Å². The van der Waals surface area contributed by atoms with Gasteiger partial charge >= 0.3 is 6.36 Å². The number of para-hydroxylation sites is 1. The number of piperazine rings is 1. The number of aromatic hydroxyl groups is 1. The van der Waals surface area contributed by atoms with Gasteiger partial charge in [0, 0.05) is 42.6 Å². The van der Waals surface area contributed by atoms with E-state index < -0.39 is 12.1 Å². The summed E-state index contributed by atoms with van der Waals surface area (Å²) in [5.41, 5.74) is 2.07. The lowest BCUT2D eigenvalue weighted by Gasteiger charge is -2.26. The minimum Gasteiger partial charge on any atom is -0.494 e. The third kappa shape index (κ3) is 4.64. The van der Waals surface area contributed by atoms with E-state index in [1.165, 1.54) is 6.07 Å². The molecule has 0 unspecified atom stereocenters. The molecule has 12 heteroatoms. The second kappa shape index (κ2) is 8.95. The Bertz CT molecular complexity index is 1340. The number of carbonyl (C=O) groups excluding carboxylic acids is 1. The number of nitrogens with zero attached hydrogens (tertiary/aromatic N) is 3. The molecule has 9 nitrogen and oxygen atoms in total. The number of carbonyl (C=O) groups is 1. The van der Waals surface area contributed by atoms with Crippen molar-refractivity contribution in [3.8, 4) is 11.6 Å². The van der Waals surface area contributed by atoms with Gasteiger partial charge in [0.15, 0.2) is 12.5 Å². The van der Waals surface area contributed by atoms with Crippen LogP contribution in [0.2, 0.25) is 0 Å². The van der Waals surface area contributed by atoms with E-state index in [0.717, 1.165) is 12.1 Å². The van der Waals surface area contributed by atoms with E-state index in [0.29, 0.717) is 42.9 Å². The zero-order valence-corrected chi connectivity index (χ0v) is 18.2. The van der Waals surface area contributed by atoms with Crippen LogP contribution in [0.3, 0.4) is 0 Å². The van der Waals surface area contributed by atoms with Crippen molar-refractivity contribution < 1.29 is 32.6 Å². The number of hydrogen-bond donors (Lipinski definition) is 3. The first-order valence-electron chi connectivity index (χ1n) is 10.8. The monoisotopic (exact) mass is 487 g/mol. The summed E-state index contributed by atoms with van der Waals surface area (Å²) in [7, 11) is 0. The minimum absolute atomic E-state index is 0.139. The Hall–Kier alpha value is -4.06. The fourth-order valence-corrected chi connectivity index (χ4v) is 4.09. The topological polar surface area (TPSA) is 112 Å². The molecule has 1 fully saturated rings. The molecule has 0 saturated carbocycles. The number of H-pyrrole nitrogens is 1. The molecular formula is C23H20F3N5O4. The van der Waals surface area contributed by atoms with E-state index in [1.54, 1.807) is 29.2 Å². The summed E-state index contributed by atoms with van der Waals surface area (Å²) in [6.07, 6.45) is -4.87. The summed E-state index contributed by atoms with van der Waals surface area (Å²) >= 11 is 0. The summed E-state index contributed by atoms with van der Waals surface area (Å²) in [5, 5.41) is 18.2. The molecule has 2 aliphatic rings. The van der Waals surface area contributed by atoms with Crippen LogP contribution in [0, 0.1) is 0 Å². The predicted octanol–water partition coefficient (Wildman–Crippen LogP) is 3.06. The second-order valence-corrected chi connectivity index (χ2v) is 7.93. The predicted molar refractivity (Wildman–Crippen MR) is 121 cm³/mol. The zero-order chi connectivity index (χ0) is 24.6. The van der Waals surface area contributed by atoms with Gasteiger partial charge in [-0.05, 0) is 24.3 Å². The molecule has 1 aromatic heterocycles. The Balaban J connectivity index is 1.49. The molecule has 2 aliphatic heterocycles. The Morgan fingerprint density at radius 1 is 1.17 bits per heavy atom. The molecule has 3 aromatic rings. The van der Waals surface area contributed by atoms with Gasteiger partial charge in [0.25, 0.3) is 5.91 Å². The molecule has 35 heavy (non-hydrogen) atoms. The van der Waals surface area contributed by atoms with Gasteiger partial charge in [-0.25, -0.2) is 4.99 Å². The molecule has 1 amide bonds. The molecule has 3 heterocycles. The van der Waals surface area contributed by atoms with Crippen molar-refractivity contribution in [2.75, 3.05) is 32.8 Å². The minimum atomic E-state index is -4.87. The van der Waals surface area contributed by atoms with Crippen LogP contribution in [0.15, 0.2) is 52.6 Å². The number of halogens is 3. The molecule has 3 N–H and O–H groups in total. The number of benzene rings is 2. The molecule has 1 saturated heterocycles. The van der Waals surface area contributed by atoms with Crippen LogP contribution in [0.1, 0.15) is 11.1 Å². The molecule has 182 valence electrons. The van der Waals surface area contributed by atoms with Crippen molar-refractivity contribution in [3.05, 3.63) is 53.6 Å². The van der Waals surface area contributed by atoms with E-state index in [1.807, 2.05) is 0 Å². The number of fused-ring (bicyclic) bond motifs is 2. The Morgan fingerprint density at radius 3 is 2.71 bits per heavy atom. The smallest absolute Gasteiger partial charge is 0.494 e. The van der Waals surface area contributed by atoms with E-state index in [2.05, 4.69) is 25.2 Å². The Kier molecular flexibility index (Phi) is 5.81. The van der Waals surface area contributed by atoms with Crippen molar-refractivity contribution in [2.45, 2.75) is 6.36 Å². The van der Waals surface area contributed by atoms with E-state index in [4.69, 9.17) is 4.84 Å². The zero-order valence-electron chi connectivity index (χ0n) is 18.2. The summed E-state index contributed by atoms with van der Waals surface area (Å²) in [6.45, 7) is 2.25. The number of hydrogen-bond acceptors (Lipinski definition) is 7. The fourth-order valence-electron chi connectivity index (χ4n) is 4.09. The highest BCUT2D eigenvalue weighted by atomic mass is 19.4. The van der Waals surface area contributed by atoms with Crippen LogP contribution in [-0.4, -0.2) is 71.5 Å². The van der Waals surface area contributed by atoms with Crippen molar-refractivity contribution >= 4 is 33.9 Å². The number of ether oxygens (including phenoxy) is 1. The number of oxime groups is 1. The molecule has 0 spiro atoms. The molecule has 5 rings (SSSR count). The van der Waals surface area contributed by atoms with Crippen molar-refractivity contribution in [1.29, 1.82) is 0 Å². The maximum absolute atomic E-state index is 12.8. The summed E-state index contributed by atoms with van der Waals surface area (Å²) in [5.74, 6) is -0.970. The van der Waals surface area contributed by atoms with E-state index in [9.17, 15) is 23.1 Å². The summed E-state index contributed by atoms with van der Waals surface area (Å²) < 4.78 is 42.3. The van der Waals surface area contributed by atoms with Gasteiger partial charge in [0.1, 0.15) is 17.2 Å². The normalized spacial score (nSPS) is 16.9. The van der Waals surface area contributed by atoms with Crippen LogP contribution in [-0.2, 0) is 9.63 Å². The number of aromatic amines is 1. The lowest BCUT2D eigenvalue weighted by molar-refractivity contribution is -0.274. The van der Waals surface area contributed by atoms with Crippen LogP contribution in [0.5, 0.6) is 11.6 Å². The molecule has 0 radical (unpaired) electrons. The third-order valence-corrected chi connectivity index (χ3v) is 5.65. The van der Waals surface area contributed by atoms with Gasteiger partial charge in [-0.3, -0.25) is 4.79 Å². The summed E-state index contributed by atoms with van der Waals surface area (Å²) in [6, 6.07) is 10.7. The molecule has 0 aliphatic carbocycles. The van der Waals surface area contributed by atoms with Crippen LogP contribution < -0.4 is 10.1 Å². The van der Waals surface area contributed by atoms with Crippen molar-refractivity contribution in [3.63, 3.8) is 0 Å². The van der Waals surface area contributed by atoms with Crippen LogP contribution in [0.25, 0.3) is 10.9 Å². The molecular weight excluding hydrogens is 467 g/mol. The van der Waals surface area contributed by atoms with Gasteiger partial charge in [0.05, 0.1) is 11.3 Å². The lowest BCUT2D eigenvalue weighted by atomic mass is 10.0. The third-order valence-electron chi connectivity index (χ3n) is 5.65. The average Bonchev–Trinajstić information content (AvgIpc) is 3.34. The Labute approximate surface area is 196 Å². The number of rotatable bonds is 5. The molecule has 0 bridgehead atoms. The standard InChI is InChI=1S/C23H20F3N5O4/c24-23(25,26)35-13-5-6-17-15(11-13)19(22(33)29-17)21-20(14-3-1-2-4-16(14)28-21)30-34-12-18(32)31-9-7-27-8-10-31/h1-6,11,27,29,33H,7-10,12H2. The molecule has 2 aromatic carbocycles. The molecule has 0 atom stereocenters. The highest BCUT2D eigenvalue weighted by Crippen LogP contribution is 2.37. The van der Waals surface area contributed by atoms with Crippen LogP contribution in [0.4, 0.5) is 18.9 Å². The average molecular weight is 487 g/mol. The first-order valence-corrected chi connectivity index (χ1v) is 10.8. The number of aromatic nitrogens is 1. The Morgan fingerprint density at radius 2 is 1.94 bits per heavy atom. The SMILES string of the molecule is O=C(CON=C1C(c2c(O)[nH]c3ccc(OC(F)(F)F)cc23)=Nc2ccccc21)N1CCNCC1. The summed E-state index contributed by atoms with van der Waals surface area (Å²) in [4.78, 5) is 26.8. The van der Waals surface area contributed by atoms with Gasteiger partial charge in [-0.2, -0.15) is 0 Å². The lowest BCUT2D eigenvalue weighted by Crippen LogP contribution is -2.47. The quantitative estimate of drug-likeness (QED) is 0.479. The van der Waals surface area contributed by atoms with Crippen LogP contribution >= 0.6 is 0 Å². The highest BCUT2D eigenvalue weighted by molar-refractivity contribution is 6.58. The van der Waals surface area contributed by atoms with Gasteiger partial charge in [-0.15, -0.1) is 13.2 Å². The fraction of sp³-hybridized carbons (Fsp3) is 0.261. The van der Waals surface area contributed by atoms with E-state index in [-0.39, 0.29) is 40.8 Å². The van der Waals surface area contributed by atoms with Gasteiger partial charge in [0.2, 0.25) is 0 Å². The van der Waals surface area contributed by atoms with Crippen molar-refractivity contribution in [1.82, 2.24) is 15.2 Å². The van der Waals surface area contributed by atoms with Gasteiger partial charge < -0.3 is 29.9 Å². The first-order chi connectivity index (χ1) is 16.8. The van der Waals surface area contributed by atoms with Gasteiger partial charge in [-0.1, -0.05) is 23.4 Å².